The van der Waals surface area contributed by atoms with Crippen LogP contribution in [0.1, 0.15) is 87.8 Å². The van der Waals surface area contributed by atoms with Gasteiger partial charge < -0.3 is 25.0 Å². The molecule has 2 aromatic rings. The highest BCUT2D eigenvalue weighted by Gasteiger charge is 2.63. The van der Waals surface area contributed by atoms with Gasteiger partial charge >= 0.3 is 5.97 Å². The lowest BCUT2D eigenvalue weighted by Crippen LogP contribution is -2.53. The zero-order chi connectivity index (χ0) is 28.7. The first-order chi connectivity index (χ1) is 19.1. The first-order valence-corrected chi connectivity index (χ1v) is 15.4. The molecule has 40 heavy (non-hydrogen) atoms. The summed E-state index contributed by atoms with van der Waals surface area (Å²) < 4.78 is 6.07. The summed E-state index contributed by atoms with van der Waals surface area (Å²) in [5.74, 6) is 1.12. The van der Waals surface area contributed by atoms with Crippen molar-refractivity contribution >= 4 is 17.6 Å². The van der Waals surface area contributed by atoms with Gasteiger partial charge in [0.15, 0.2) is 0 Å². The van der Waals surface area contributed by atoms with Gasteiger partial charge in [-0.25, -0.2) is 0 Å². The minimum Gasteiger partial charge on any atom is -0.506 e. The zero-order valence-electron chi connectivity index (χ0n) is 24.0. The lowest BCUT2D eigenvalue weighted by Gasteiger charge is -2.56. The van der Waals surface area contributed by atoms with Crippen LogP contribution in [0.5, 0.6) is 11.5 Å². The lowest BCUT2D eigenvalue weighted by atomic mass is 9.49. The van der Waals surface area contributed by atoms with Gasteiger partial charge in [0.1, 0.15) is 18.1 Å². The smallest absolute Gasteiger partial charge is 0.303 e. The maximum Gasteiger partial charge on any atom is 0.303 e. The fourth-order valence-electron chi connectivity index (χ4n) is 8.53. The van der Waals surface area contributed by atoms with E-state index < -0.39 is 11.6 Å². The molecule has 0 saturated heterocycles. The van der Waals surface area contributed by atoms with Crippen LogP contribution in [0, 0.1) is 17.3 Å². The van der Waals surface area contributed by atoms with Crippen LogP contribution < -0.4 is 4.74 Å². The van der Waals surface area contributed by atoms with E-state index in [0.717, 1.165) is 56.6 Å². The summed E-state index contributed by atoms with van der Waals surface area (Å²) in [5, 5.41) is 32.3. The Kier molecular flexibility index (Phi) is 8.43. The van der Waals surface area contributed by atoms with Crippen LogP contribution in [0.15, 0.2) is 36.4 Å². The third-order valence-corrected chi connectivity index (χ3v) is 11.2. The number of phenols is 1. The molecule has 0 radical (unpaired) electrons. The van der Waals surface area contributed by atoms with Gasteiger partial charge in [-0.15, -0.1) is 0 Å². The van der Waals surface area contributed by atoms with Crippen LogP contribution in [0.2, 0.25) is 5.02 Å². The van der Waals surface area contributed by atoms with Gasteiger partial charge in [0.25, 0.3) is 0 Å². The molecule has 7 heteroatoms. The fourth-order valence-corrected chi connectivity index (χ4v) is 8.79. The molecule has 0 spiro atoms. The molecule has 0 unspecified atom stereocenters. The SMILES string of the molecule is CCN(CC)CCOc1ccc([C@H]2C[C@@]3(C)[C@@H](CC[C@@]3(O)CCC(=O)O)[C@@H]3CCc4c(ccc(O)c4Cl)[C@H]32)cc1. The first kappa shape index (κ1) is 29.2. The minimum absolute atomic E-state index is 0.0190. The number of ether oxygens (including phenoxy) is 1. The van der Waals surface area contributed by atoms with E-state index >= 15 is 0 Å². The summed E-state index contributed by atoms with van der Waals surface area (Å²) >= 11 is 6.64. The van der Waals surface area contributed by atoms with Gasteiger partial charge in [-0.1, -0.05) is 50.6 Å². The van der Waals surface area contributed by atoms with Gasteiger partial charge in [-0.2, -0.15) is 0 Å². The quantitative estimate of drug-likeness (QED) is 0.298. The molecule has 3 aliphatic rings. The molecule has 3 aliphatic carbocycles. The van der Waals surface area contributed by atoms with E-state index in [-0.39, 0.29) is 35.8 Å². The molecule has 0 bridgehead atoms. The number of likely N-dealkylation sites (N-methyl/N-ethyl adjacent to an activating group) is 1. The molecule has 6 nitrogen and oxygen atoms in total. The number of carbonyl (C=O) groups is 1. The van der Waals surface area contributed by atoms with Gasteiger partial charge in [-0.05, 0) is 110 Å². The van der Waals surface area contributed by atoms with Crippen molar-refractivity contribution in [2.24, 2.45) is 17.3 Å². The topological polar surface area (TPSA) is 90.2 Å². The van der Waals surface area contributed by atoms with Gasteiger partial charge in [0.2, 0.25) is 0 Å². The number of rotatable bonds is 10. The van der Waals surface area contributed by atoms with Crippen LogP contribution in [0.25, 0.3) is 0 Å². The maximum absolute atomic E-state index is 12.0. The number of nitrogens with zero attached hydrogens (tertiary/aromatic N) is 1. The standard InChI is InChI=1S/C33H44ClNO5/c1-4-35(5-2)18-19-40-22-8-6-21(7-9-22)26-20-32(3)27(14-16-33(32,39)17-15-29(37)38)25-11-10-24-23(30(25)26)12-13-28(36)31(24)34/h6-9,12-13,25-27,30,36,39H,4-5,10-11,14-20H2,1-3H3,(H,37,38)/t25-,26+,27-,30+,32-,33+/m0/s1. The summed E-state index contributed by atoms with van der Waals surface area (Å²) in [5.41, 5.74) is 2.08. The number of halogens is 1. The van der Waals surface area contributed by atoms with Crippen molar-refractivity contribution in [1.29, 1.82) is 0 Å². The third kappa shape index (κ3) is 5.12. The molecular formula is C33H44ClNO5. The van der Waals surface area contributed by atoms with Gasteiger partial charge in [0.05, 0.1) is 10.6 Å². The number of aliphatic carboxylic acids is 1. The number of fused-ring (bicyclic) bond motifs is 5. The summed E-state index contributed by atoms with van der Waals surface area (Å²) in [4.78, 5) is 13.8. The molecule has 218 valence electrons. The molecule has 0 aliphatic heterocycles. The molecule has 3 N–H and O–H groups in total. The van der Waals surface area contributed by atoms with Crippen LogP contribution in [0.4, 0.5) is 0 Å². The Labute approximate surface area is 243 Å². The van der Waals surface area contributed by atoms with Crippen molar-refractivity contribution in [3.8, 4) is 11.5 Å². The van der Waals surface area contributed by atoms with E-state index in [4.69, 9.17) is 16.3 Å². The number of phenolic OH excluding ortho intramolecular Hbond substituents is 1. The number of aliphatic hydroxyl groups is 1. The molecule has 6 atom stereocenters. The van der Waals surface area contributed by atoms with Crippen molar-refractivity contribution in [1.82, 2.24) is 4.90 Å². The Bertz CT molecular complexity index is 1210. The predicted molar refractivity (Wildman–Crippen MR) is 157 cm³/mol. The monoisotopic (exact) mass is 569 g/mol. The number of hydrogen-bond acceptors (Lipinski definition) is 5. The number of carboxylic acid groups (broad SMARTS) is 1. The maximum atomic E-state index is 12.0. The molecule has 5 rings (SSSR count). The van der Waals surface area contributed by atoms with Crippen LogP contribution >= 0.6 is 11.6 Å². The summed E-state index contributed by atoms with van der Waals surface area (Å²) in [6.07, 6.45) is 4.33. The zero-order valence-corrected chi connectivity index (χ0v) is 24.8. The Morgan fingerprint density at radius 3 is 2.52 bits per heavy atom. The second-order valence-electron chi connectivity index (χ2n) is 12.4. The number of hydrogen-bond donors (Lipinski definition) is 3. The lowest BCUT2D eigenvalue weighted by molar-refractivity contribution is -0.143. The Hall–Kier alpha value is -2.28. The van der Waals surface area contributed by atoms with Crippen molar-refractivity contribution < 1.29 is 24.9 Å². The second-order valence-corrected chi connectivity index (χ2v) is 12.8. The normalized spacial score (nSPS) is 30.9. The molecule has 0 amide bonds. The van der Waals surface area contributed by atoms with Gasteiger partial charge in [0, 0.05) is 18.4 Å². The highest BCUT2D eigenvalue weighted by Crippen LogP contribution is 2.68. The van der Waals surface area contributed by atoms with E-state index in [0.29, 0.717) is 29.9 Å². The molecule has 0 aromatic heterocycles. The van der Waals surface area contributed by atoms with E-state index in [1.807, 2.05) is 0 Å². The predicted octanol–water partition coefficient (Wildman–Crippen LogP) is 6.61. The van der Waals surface area contributed by atoms with Crippen molar-refractivity contribution in [2.45, 2.75) is 83.2 Å². The fraction of sp³-hybridized carbons (Fsp3) is 0.606. The largest absolute Gasteiger partial charge is 0.506 e. The molecule has 0 heterocycles. The van der Waals surface area contributed by atoms with Crippen molar-refractivity contribution in [3.63, 3.8) is 0 Å². The summed E-state index contributed by atoms with van der Waals surface area (Å²) in [7, 11) is 0. The molecular weight excluding hydrogens is 526 g/mol. The van der Waals surface area contributed by atoms with E-state index in [2.05, 4.69) is 56.0 Å². The van der Waals surface area contributed by atoms with Gasteiger partial charge in [-0.3, -0.25) is 4.79 Å². The Morgan fingerprint density at radius 2 is 1.85 bits per heavy atom. The van der Waals surface area contributed by atoms with Crippen molar-refractivity contribution in [2.75, 3.05) is 26.2 Å². The first-order valence-electron chi connectivity index (χ1n) is 15.0. The highest BCUT2D eigenvalue weighted by atomic mass is 35.5. The molecule has 2 aromatic carbocycles. The van der Waals surface area contributed by atoms with E-state index in [1.54, 1.807) is 6.07 Å². The van der Waals surface area contributed by atoms with Crippen LogP contribution in [-0.4, -0.2) is 58.0 Å². The van der Waals surface area contributed by atoms with Crippen LogP contribution in [0.3, 0.4) is 0 Å². The second kappa shape index (κ2) is 11.5. The van der Waals surface area contributed by atoms with E-state index in [1.165, 1.54) is 11.1 Å². The molecule has 2 saturated carbocycles. The third-order valence-electron chi connectivity index (χ3n) is 10.8. The number of carboxylic acids is 1. The summed E-state index contributed by atoms with van der Waals surface area (Å²) in [6.45, 7) is 10.1. The average Bonchev–Trinajstić information content (AvgIpc) is 3.22. The summed E-state index contributed by atoms with van der Waals surface area (Å²) in [6, 6.07) is 12.2. The number of benzene rings is 2. The number of aromatic hydroxyl groups is 1. The van der Waals surface area contributed by atoms with E-state index in [9.17, 15) is 20.1 Å². The average molecular weight is 570 g/mol. The molecule has 2 fully saturated rings. The minimum atomic E-state index is -1.00. The van der Waals surface area contributed by atoms with Crippen molar-refractivity contribution in [3.05, 3.63) is 58.1 Å². The Morgan fingerprint density at radius 1 is 1.12 bits per heavy atom. The highest BCUT2D eigenvalue weighted by molar-refractivity contribution is 6.32. The Balaban J connectivity index is 1.48. The van der Waals surface area contributed by atoms with Crippen LogP contribution in [-0.2, 0) is 11.2 Å².